The molecule has 1 aliphatic carbocycles. The minimum atomic E-state index is -0.717. The Morgan fingerprint density at radius 2 is 2.28 bits per heavy atom. The van der Waals surface area contributed by atoms with Gasteiger partial charge in [0.15, 0.2) is 0 Å². The number of nitrogens with one attached hydrogen (secondary N) is 1. The van der Waals surface area contributed by atoms with E-state index in [0.29, 0.717) is 12.5 Å². The summed E-state index contributed by atoms with van der Waals surface area (Å²) in [6.07, 6.45) is 3.46. The molecule has 100 valence electrons. The van der Waals surface area contributed by atoms with Crippen LogP contribution in [0.5, 0.6) is 0 Å². The summed E-state index contributed by atoms with van der Waals surface area (Å²) in [4.78, 5) is 13.9. The van der Waals surface area contributed by atoms with Gasteiger partial charge in [0.25, 0.3) is 0 Å². The van der Waals surface area contributed by atoms with E-state index < -0.39 is 5.54 Å². The summed E-state index contributed by atoms with van der Waals surface area (Å²) in [7, 11) is 0. The summed E-state index contributed by atoms with van der Waals surface area (Å²) < 4.78 is 0. The first-order valence-electron chi connectivity index (χ1n) is 6.66. The number of carbonyl (C=O) groups excluding carboxylic acids is 1. The highest BCUT2D eigenvalue weighted by atomic mass is 16.3. The molecule has 2 fully saturated rings. The van der Waals surface area contributed by atoms with E-state index in [1.54, 1.807) is 6.92 Å². The first kappa shape index (κ1) is 13.3. The highest BCUT2D eigenvalue weighted by Crippen LogP contribution is 2.39. The van der Waals surface area contributed by atoms with Crippen LogP contribution >= 0.6 is 0 Å². The Balaban J connectivity index is 1.83. The van der Waals surface area contributed by atoms with Crippen molar-refractivity contribution in [3.05, 3.63) is 0 Å². The maximum Gasteiger partial charge on any atom is 0.235 e. The van der Waals surface area contributed by atoms with Crippen LogP contribution in [0.25, 0.3) is 0 Å². The van der Waals surface area contributed by atoms with Crippen LogP contribution in [0.4, 0.5) is 0 Å². The number of rotatable bonds is 4. The zero-order valence-electron chi connectivity index (χ0n) is 10.9. The van der Waals surface area contributed by atoms with E-state index in [9.17, 15) is 15.2 Å². The molecule has 2 N–H and O–H groups in total. The average Bonchev–Trinajstić information content (AvgIpc) is 3.12. The summed E-state index contributed by atoms with van der Waals surface area (Å²) in [5, 5.41) is 21.6. The van der Waals surface area contributed by atoms with Crippen LogP contribution in [-0.2, 0) is 4.79 Å². The predicted octanol–water partition coefficient (Wildman–Crippen LogP) is 0.252. The van der Waals surface area contributed by atoms with Gasteiger partial charge in [-0.25, -0.2) is 0 Å². The first-order chi connectivity index (χ1) is 8.53. The van der Waals surface area contributed by atoms with E-state index >= 15 is 0 Å². The molecule has 2 atom stereocenters. The van der Waals surface area contributed by atoms with Gasteiger partial charge in [-0.15, -0.1) is 0 Å². The second-order valence-electron chi connectivity index (χ2n) is 5.67. The molecule has 1 saturated carbocycles. The van der Waals surface area contributed by atoms with Crippen molar-refractivity contribution < 1.29 is 9.90 Å². The van der Waals surface area contributed by atoms with Crippen molar-refractivity contribution in [2.45, 2.75) is 44.2 Å². The molecule has 0 aromatic carbocycles. The molecule has 5 nitrogen and oxygen atoms in total. The molecule has 0 spiro atoms. The highest BCUT2D eigenvalue weighted by molar-refractivity contribution is 5.79. The van der Waals surface area contributed by atoms with Crippen LogP contribution in [0.3, 0.4) is 0 Å². The van der Waals surface area contributed by atoms with Gasteiger partial charge in [0.2, 0.25) is 5.91 Å². The van der Waals surface area contributed by atoms with Crippen LogP contribution in [0.1, 0.15) is 32.6 Å². The van der Waals surface area contributed by atoms with Crippen molar-refractivity contribution in [1.29, 1.82) is 5.26 Å². The van der Waals surface area contributed by atoms with E-state index in [1.165, 1.54) is 0 Å². The molecule has 2 aliphatic rings. The predicted molar refractivity (Wildman–Crippen MR) is 66.6 cm³/mol. The van der Waals surface area contributed by atoms with Crippen LogP contribution in [0, 0.1) is 17.2 Å². The van der Waals surface area contributed by atoms with Crippen LogP contribution in [0.15, 0.2) is 0 Å². The van der Waals surface area contributed by atoms with Gasteiger partial charge in [0.1, 0.15) is 5.54 Å². The molecule has 0 radical (unpaired) electrons. The number of aliphatic hydroxyl groups is 1. The summed E-state index contributed by atoms with van der Waals surface area (Å²) in [5.74, 6) is 0.193. The molecular weight excluding hydrogens is 230 g/mol. The van der Waals surface area contributed by atoms with Crippen molar-refractivity contribution in [1.82, 2.24) is 10.2 Å². The van der Waals surface area contributed by atoms with E-state index in [0.717, 1.165) is 32.2 Å². The van der Waals surface area contributed by atoms with E-state index in [4.69, 9.17) is 0 Å². The van der Waals surface area contributed by atoms with E-state index in [1.807, 2.05) is 4.90 Å². The fourth-order valence-electron chi connectivity index (χ4n) is 2.59. The Kier molecular flexibility index (Phi) is 3.88. The standard InChI is InChI=1S/C13H21N3O2/c1-13(9-14,10-4-5-10)15-12(18)8-16-6-2-3-11(17)7-16/h10-11,17H,2-8H2,1H3,(H,15,18). The third-order valence-electron chi connectivity index (χ3n) is 3.87. The SMILES string of the molecule is CC(C#N)(NC(=O)CN1CCCC(O)C1)C1CC1. The molecule has 2 unspecified atom stereocenters. The molecular formula is C13H21N3O2. The van der Waals surface area contributed by atoms with Crippen molar-refractivity contribution in [2.75, 3.05) is 19.6 Å². The third kappa shape index (κ3) is 3.21. The Labute approximate surface area is 108 Å². The van der Waals surface area contributed by atoms with Crippen LogP contribution in [0.2, 0.25) is 0 Å². The summed E-state index contributed by atoms with van der Waals surface area (Å²) in [6, 6.07) is 2.22. The normalized spacial score (nSPS) is 28.2. The number of hydrogen-bond donors (Lipinski definition) is 2. The van der Waals surface area contributed by atoms with Crippen LogP contribution < -0.4 is 5.32 Å². The van der Waals surface area contributed by atoms with E-state index in [-0.39, 0.29) is 18.6 Å². The van der Waals surface area contributed by atoms with Gasteiger partial charge in [-0.3, -0.25) is 9.69 Å². The van der Waals surface area contributed by atoms with Crippen molar-refractivity contribution in [3.63, 3.8) is 0 Å². The van der Waals surface area contributed by atoms with E-state index in [2.05, 4.69) is 11.4 Å². The second kappa shape index (κ2) is 5.25. The minimum absolute atomic E-state index is 0.111. The summed E-state index contributed by atoms with van der Waals surface area (Å²) in [6.45, 7) is 3.48. The Bertz CT molecular complexity index is 362. The van der Waals surface area contributed by atoms with Gasteiger partial charge in [-0.1, -0.05) is 0 Å². The molecule has 0 bridgehead atoms. The minimum Gasteiger partial charge on any atom is -0.392 e. The zero-order valence-corrected chi connectivity index (χ0v) is 10.9. The van der Waals surface area contributed by atoms with Gasteiger partial charge in [-0.2, -0.15) is 5.26 Å². The van der Waals surface area contributed by atoms with Gasteiger partial charge in [0, 0.05) is 6.54 Å². The number of likely N-dealkylation sites (tertiary alicyclic amines) is 1. The van der Waals surface area contributed by atoms with Gasteiger partial charge >= 0.3 is 0 Å². The largest absolute Gasteiger partial charge is 0.392 e. The van der Waals surface area contributed by atoms with Crippen molar-refractivity contribution >= 4 is 5.91 Å². The molecule has 2 rings (SSSR count). The maximum atomic E-state index is 11.9. The number of nitriles is 1. The number of hydrogen-bond acceptors (Lipinski definition) is 4. The quantitative estimate of drug-likeness (QED) is 0.751. The number of nitrogens with zero attached hydrogens (tertiary/aromatic N) is 2. The lowest BCUT2D eigenvalue weighted by atomic mass is 9.98. The monoisotopic (exact) mass is 251 g/mol. The molecule has 1 saturated heterocycles. The van der Waals surface area contributed by atoms with Gasteiger partial charge < -0.3 is 10.4 Å². The molecule has 0 aromatic heterocycles. The summed E-state index contributed by atoms with van der Waals surface area (Å²) in [5.41, 5.74) is -0.717. The number of β-amino-alcohol motifs (C(OH)–C–C–N with tert-alkyl or cyclic N) is 1. The lowest BCUT2D eigenvalue weighted by molar-refractivity contribution is -0.124. The maximum absolute atomic E-state index is 11.9. The summed E-state index contributed by atoms with van der Waals surface area (Å²) >= 11 is 0. The molecule has 1 heterocycles. The number of amides is 1. The molecule has 0 aromatic rings. The highest BCUT2D eigenvalue weighted by Gasteiger charge is 2.43. The van der Waals surface area contributed by atoms with Gasteiger partial charge in [-0.05, 0) is 45.1 Å². The van der Waals surface area contributed by atoms with Crippen molar-refractivity contribution in [3.8, 4) is 6.07 Å². The van der Waals surface area contributed by atoms with Gasteiger partial charge in [0.05, 0.1) is 18.7 Å². The molecule has 5 heteroatoms. The third-order valence-corrected chi connectivity index (χ3v) is 3.87. The molecule has 1 amide bonds. The Morgan fingerprint density at radius 1 is 1.56 bits per heavy atom. The zero-order chi connectivity index (χ0) is 13.2. The van der Waals surface area contributed by atoms with Crippen LogP contribution in [-0.4, -0.2) is 47.2 Å². The number of piperidine rings is 1. The number of aliphatic hydroxyl groups excluding tert-OH is 1. The topological polar surface area (TPSA) is 76.4 Å². The number of carbonyl (C=O) groups is 1. The lowest BCUT2D eigenvalue weighted by Crippen LogP contribution is -2.51. The first-order valence-corrected chi connectivity index (χ1v) is 6.66. The Hall–Kier alpha value is -1.12. The smallest absolute Gasteiger partial charge is 0.235 e. The fourth-order valence-corrected chi connectivity index (χ4v) is 2.59. The van der Waals surface area contributed by atoms with Crippen molar-refractivity contribution in [2.24, 2.45) is 5.92 Å². The Morgan fingerprint density at radius 3 is 2.83 bits per heavy atom. The molecule has 18 heavy (non-hydrogen) atoms. The lowest BCUT2D eigenvalue weighted by Gasteiger charge is -2.31. The molecule has 1 aliphatic heterocycles. The second-order valence-corrected chi connectivity index (χ2v) is 5.67. The fraction of sp³-hybridized carbons (Fsp3) is 0.846. The average molecular weight is 251 g/mol.